The number of phenols is 2. The van der Waals surface area contributed by atoms with Crippen LogP contribution in [-0.4, -0.2) is 23.8 Å². The quantitative estimate of drug-likeness (QED) is 0.465. The smallest absolute Gasteiger partial charge is 0.231 e. The van der Waals surface area contributed by atoms with Gasteiger partial charge < -0.3 is 29.2 Å². The molecular formula is C25H18O6. The lowest BCUT2D eigenvalue weighted by Gasteiger charge is -2.23. The zero-order chi connectivity index (χ0) is 20.9. The Hall–Kier alpha value is -4.06. The van der Waals surface area contributed by atoms with E-state index in [1.165, 1.54) is 0 Å². The highest BCUT2D eigenvalue weighted by Crippen LogP contribution is 2.49. The van der Waals surface area contributed by atoms with Crippen LogP contribution in [0.5, 0.6) is 34.5 Å². The summed E-state index contributed by atoms with van der Waals surface area (Å²) in [6, 6.07) is 20.7. The molecule has 0 spiro atoms. The molecule has 0 radical (unpaired) electrons. The molecule has 2 aliphatic rings. The molecule has 0 fully saturated rings. The van der Waals surface area contributed by atoms with Gasteiger partial charge >= 0.3 is 0 Å². The first-order valence-corrected chi connectivity index (χ1v) is 9.92. The third kappa shape index (κ3) is 2.79. The average molecular weight is 414 g/mol. The second-order valence-electron chi connectivity index (χ2n) is 7.53. The summed E-state index contributed by atoms with van der Waals surface area (Å²) in [6.07, 6.45) is 0. The summed E-state index contributed by atoms with van der Waals surface area (Å²) in [4.78, 5) is 0. The fourth-order valence-corrected chi connectivity index (χ4v) is 4.36. The van der Waals surface area contributed by atoms with Crippen molar-refractivity contribution in [2.75, 3.05) is 13.6 Å². The number of fused-ring (bicyclic) bond motifs is 3. The number of benzene rings is 4. The Bertz CT molecular complexity index is 1260. The van der Waals surface area contributed by atoms with Crippen LogP contribution in [0.4, 0.5) is 0 Å². The van der Waals surface area contributed by atoms with Gasteiger partial charge in [-0.25, -0.2) is 0 Å². The summed E-state index contributed by atoms with van der Waals surface area (Å²) in [5.74, 6) is 1.71. The van der Waals surface area contributed by atoms with Crippen LogP contribution in [0.1, 0.15) is 22.6 Å². The Morgan fingerprint density at radius 3 is 1.71 bits per heavy atom. The number of phenolic OH excluding ortho intramolecular Hbond substituents is 2. The van der Waals surface area contributed by atoms with Crippen molar-refractivity contribution in [2.45, 2.75) is 5.92 Å². The predicted molar refractivity (Wildman–Crippen MR) is 113 cm³/mol. The first-order chi connectivity index (χ1) is 15.2. The van der Waals surface area contributed by atoms with Crippen molar-refractivity contribution in [1.82, 2.24) is 0 Å². The molecule has 6 rings (SSSR count). The second kappa shape index (κ2) is 6.74. The molecule has 2 aliphatic heterocycles. The molecule has 2 N–H and O–H groups in total. The van der Waals surface area contributed by atoms with Gasteiger partial charge in [0.1, 0.15) is 11.5 Å². The molecule has 0 amide bonds. The van der Waals surface area contributed by atoms with E-state index in [1.807, 2.05) is 42.5 Å². The molecular weight excluding hydrogens is 396 g/mol. The largest absolute Gasteiger partial charge is 0.507 e. The summed E-state index contributed by atoms with van der Waals surface area (Å²) < 4.78 is 22.0. The Labute approximate surface area is 177 Å². The maximum absolute atomic E-state index is 11.0. The van der Waals surface area contributed by atoms with Crippen LogP contribution in [0.2, 0.25) is 0 Å². The van der Waals surface area contributed by atoms with Gasteiger partial charge in [0.25, 0.3) is 0 Å². The Morgan fingerprint density at radius 1 is 0.581 bits per heavy atom. The number of hydrogen-bond acceptors (Lipinski definition) is 6. The average Bonchev–Trinajstić information content (AvgIpc) is 3.43. The van der Waals surface area contributed by atoms with E-state index in [0.29, 0.717) is 34.1 Å². The molecule has 4 aromatic carbocycles. The van der Waals surface area contributed by atoms with Crippen molar-refractivity contribution in [3.63, 3.8) is 0 Å². The molecule has 0 atom stereocenters. The fraction of sp³-hybridized carbons (Fsp3) is 0.120. The lowest BCUT2D eigenvalue weighted by molar-refractivity contribution is 0.173. The zero-order valence-electron chi connectivity index (χ0n) is 16.4. The van der Waals surface area contributed by atoms with Gasteiger partial charge in [-0.05, 0) is 28.5 Å². The Balaban J connectivity index is 1.64. The van der Waals surface area contributed by atoms with E-state index >= 15 is 0 Å². The summed E-state index contributed by atoms with van der Waals surface area (Å²) in [7, 11) is 0. The van der Waals surface area contributed by atoms with Gasteiger partial charge in [-0.15, -0.1) is 0 Å². The lowest BCUT2D eigenvalue weighted by atomic mass is 9.81. The Kier molecular flexibility index (Phi) is 3.86. The maximum Gasteiger partial charge on any atom is 0.231 e. The molecule has 0 aromatic heterocycles. The third-order valence-electron chi connectivity index (χ3n) is 5.80. The highest BCUT2D eigenvalue weighted by Gasteiger charge is 2.30. The van der Waals surface area contributed by atoms with Crippen LogP contribution < -0.4 is 18.9 Å². The highest BCUT2D eigenvalue weighted by atomic mass is 16.7. The van der Waals surface area contributed by atoms with Crippen molar-refractivity contribution in [1.29, 1.82) is 0 Å². The summed E-state index contributed by atoms with van der Waals surface area (Å²) in [5.41, 5.74) is 2.12. The molecule has 6 heteroatoms. The van der Waals surface area contributed by atoms with E-state index < -0.39 is 5.92 Å². The van der Waals surface area contributed by atoms with Crippen molar-refractivity contribution < 1.29 is 29.2 Å². The summed E-state index contributed by atoms with van der Waals surface area (Å²) >= 11 is 0. The zero-order valence-corrected chi connectivity index (χ0v) is 16.4. The van der Waals surface area contributed by atoms with Gasteiger partial charge in [-0.2, -0.15) is 0 Å². The molecule has 31 heavy (non-hydrogen) atoms. The number of aromatic hydroxyl groups is 2. The van der Waals surface area contributed by atoms with Gasteiger partial charge in [0.05, 0.1) is 0 Å². The molecule has 6 nitrogen and oxygen atoms in total. The molecule has 0 aliphatic carbocycles. The van der Waals surface area contributed by atoms with Crippen LogP contribution in [-0.2, 0) is 0 Å². The van der Waals surface area contributed by atoms with E-state index in [2.05, 4.69) is 0 Å². The number of ether oxygens (including phenoxy) is 4. The van der Waals surface area contributed by atoms with Crippen molar-refractivity contribution in [2.24, 2.45) is 0 Å². The van der Waals surface area contributed by atoms with Crippen LogP contribution in [0.3, 0.4) is 0 Å². The lowest BCUT2D eigenvalue weighted by Crippen LogP contribution is -2.05. The molecule has 0 saturated heterocycles. The van der Waals surface area contributed by atoms with Crippen LogP contribution in [0, 0.1) is 0 Å². The van der Waals surface area contributed by atoms with Crippen LogP contribution in [0.15, 0.2) is 66.7 Å². The minimum atomic E-state index is -0.491. The van der Waals surface area contributed by atoms with Crippen molar-refractivity contribution >= 4 is 10.8 Å². The molecule has 4 aromatic rings. The molecule has 2 heterocycles. The van der Waals surface area contributed by atoms with Gasteiger partial charge in [-0.1, -0.05) is 42.5 Å². The molecule has 154 valence electrons. The normalized spacial score (nSPS) is 13.8. The van der Waals surface area contributed by atoms with E-state index in [0.717, 1.165) is 16.3 Å². The van der Waals surface area contributed by atoms with E-state index in [9.17, 15) is 10.2 Å². The second-order valence-corrected chi connectivity index (χ2v) is 7.53. The van der Waals surface area contributed by atoms with E-state index in [1.54, 1.807) is 24.3 Å². The highest BCUT2D eigenvalue weighted by molar-refractivity contribution is 5.87. The van der Waals surface area contributed by atoms with Gasteiger partial charge in [-0.3, -0.25) is 0 Å². The minimum Gasteiger partial charge on any atom is -0.507 e. The van der Waals surface area contributed by atoms with Gasteiger partial charge in [0.15, 0.2) is 23.0 Å². The van der Waals surface area contributed by atoms with E-state index in [4.69, 9.17) is 18.9 Å². The van der Waals surface area contributed by atoms with E-state index in [-0.39, 0.29) is 25.1 Å². The van der Waals surface area contributed by atoms with Crippen LogP contribution in [0.25, 0.3) is 10.8 Å². The van der Waals surface area contributed by atoms with Crippen LogP contribution >= 0.6 is 0 Å². The maximum atomic E-state index is 11.0. The molecule has 0 saturated carbocycles. The summed E-state index contributed by atoms with van der Waals surface area (Å²) in [6.45, 7) is 0.207. The Morgan fingerprint density at radius 2 is 1.10 bits per heavy atom. The predicted octanol–water partition coefficient (Wildman–Crippen LogP) is 4.89. The van der Waals surface area contributed by atoms with Gasteiger partial charge in [0, 0.05) is 29.2 Å². The SMILES string of the molecule is Oc1cc2c(cc1C(c1cc3c(cc1O)OCO3)c1cccc3ccccc13)OCO2. The van der Waals surface area contributed by atoms with Crippen molar-refractivity contribution in [3.8, 4) is 34.5 Å². The third-order valence-corrected chi connectivity index (χ3v) is 5.80. The standard InChI is InChI=1S/C25H18O6/c26-19-10-23-21(28-12-30-23)8-17(19)25(16-7-3-5-14-4-1-2-6-15(14)16)18-9-22-24(11-20(18)27)31-13-29-22/h1-11,25-27H,12-13H2. The molecule has 0 bridgehead atoms. The number of rotatable bonds is 3. The summed E-state index contributed by atoms with van der Waals surface area (Å²) in [5, 5.41) is 24.0. The first-order valence-electron chi connectivity index (χ1n) is 9.92. The number of hydrogen-bond donors (Lipinski definition) is 2. The topological polar surface area (TPSA) is 77.4 Å². The van der Waals surface area contributed by atoms with Gasteiger partial charge in [0.2, 0.25) is 13.6 Å². The fourth-order valence-electron chi connectivity index (χ4n) is 4.36. The van der Waals surface area contributed by atoms with Crippen molar-refractivity contribution in [3.05, 3.63) is 83.4 Å². The molecule has 0 unspecified atom stereocenters. The monoisotopic (exact) mass is 414 g/mol. The first kappa shape index (κ1) is 17.8. The minimum absolute atomic E-state index is 0.0549.